The van der Waals surface area contributed by atoms with E-state index in [1.54, 1.807) is 42.5 Å². The molecule has 0 bridgehead atoms. The molecule has 0 heterocycles. The molecule has 0 radical (unpaired) electrons. The van der Waals surface area contributed by atoms with Gasteiger partial charge < -0.3 is 5.11 Å². The summed E-state index contributed by atoms with van der Waals surface area (Å²) in [6.07, 6.45) is -3.44. The Kier molecular flexibility index (Phi) is 5.80. The minimum Gasteiger partial charge on any atom is -0.385 e. The molecule has 3 nitrogen and oxygen atoms in total. The molecule has 1 atom stereocenters. The third kappa shape index (κ3) is 4.91. The third-order valence-electron chi connectivity index (χ3n) is 4.91. The van der Waals surface area contributed by atoms with Crippen LogP contribution < -0.4 is 0 Å². The summed E-state index contributed by atoms with van der Waals surface area (Å²) in [5, 5.41) is 10.8. The van der Waals surface area contributed by atoms with Gasteiger partial charge in [-0.3, -0.25) is 0 Å². The van der Waals surface area contributed by atoms with Gasteiger partial charge in [-0.1, -0.05) is 54.6 Å². The smallest absolute Gasteiger partial charge is 0.385 e. The highest BCUT2D eigenvalue weighted by atomic mass is 32.2. The molecule has 3 aromatic carbocycles. The lowest BCUT2D eigenvalue weighted by Crippen LogP contribution is -2.28. The predicted molar refractivity (Wildman–Crippen MR) is 110 cm³/mol. The molecular formula is C23H21F3O3S. The molecule has 30 heavy (non-hydrogen) atoms. The van der Waals surface area contributed by atoms with Gasteiger partial charge in [0.05, 0.1) is 16.1 Å². The number of aliphatic hydroxyl groups is 1. The number of sulfone groups is 1. The highest BCUT2D eigenvalue weighted by Crippen LogP contribution is 2.38. The first-order valence-corrected chi connectivity index (χ1v) is 11.1. The molecule has 1 N–H and O–H groups in total. The van der Waals surface area contributed by atoms with Crippen LogP contribution in [-0.4, -0.2) is 19.8 Å². The monoisotopic (exact) mass is 434 g/mol. The van der Waals surface area contributed by atoms with Crippen molar-refractivity contribution in [3.8, 4) is 11.1 Å². The second-order valence-electron chi connectivity index (χ2n) is 7.49. The van der Waals surface area contributed by atoms with E-state index in [0.717, 1.165) is 17.9 Å². The van der Waals surface area contributed by atoms with Gasteiger partial charge in [0, 0.05) is 12.7 Å². The normalized spacial score (nSPS) is 14.3. The summed E-state index contributed by atoms with van der Waals surface area (Å²) in [6, 6.07) is 18.5. The highest BCUT2D eigenvalue weighted by molar-refractivity contribution is 7.90. The SMILES string of the molecule is CC(O)(Cc1ccc(-c2cccc(S(C)(=O)=O)c2)cc1)c1ccccc1C(F)(F)F. The molecule has 0 aromatic heterocycles. The Bertz CT molecular complexity index is 1150. The number of benzene rings is 3. The van der Waals surface area contributed by atoms with Crippen molar-refractivity contribution in [2.45, 2.75) is 30.0 Å². The van der Waals surface area contributed by atoms with Crippen molar-refractivity contribution in [1.82, 2.24) is 0 Å². The minimum absolute atomic E-state index is 0.0102. The zero-order chi connectivity index (χ0) is 22.2. The van der Waals surface area contributed by atoms with Gasteiger partial charge in [0.2, 0.25) is 0 Å². The number of hydrogen-bond donors (Lipinski definition) is 1. The summed E-state index contributed by atoms with van der Waals surface area (Å²) in [6.45, 7) is 1.36. The van der Waals surface area contributed by atoms with Crippen molar-refractivity contribution in [3.63, 3.8) is 0 Å². The van der Waals surface area contributed by atoms with Gasteiger partial charge in [-0.25, -0.2) is 8.42 Å². The van der Waals surface area contributed by atoms with Crippen LogP contribution in [0.25, 0.3) is 11.1 Å². The average Bonchev–Trinajstić information content (AvgIpc) is 2.67. The van der Waals surface area contributed by atoms with Crippen molar-refractivity contribution < 1.29 is 26.7 Å². The lowest BCUT2D eigenvalue weighted by atomic mass is 9.85. The fraction of sp³-hybridized carbons (Fsp3) is 0.217. The van der Waals surface area contributed by atoms with E-state index >= 15 is 0 Å². The Morgan fingerprint density at radius 2 is 1.43 bits per heavy atom. The first kappa shape index (κ1) is 22.1. The molecule has 158 valence electrons. The van der Waals surface area contributed by atoms with Crippen molar-refractivity contribution in [1.29, 1.82) is 0 Å². The van der Waals surface area contributed by atoms with E-state index in [1.807, 2.05) is 0 Å². The maximum Gasteiger partial charge on any atom is 0.416 e. The van der Waals surface area contributed by atoms with E-state index in [4.69, 9.17) is 0 Å². The van der Waals surface area contributed by atoms with Crippen LogP contribution in [0.5, 0.6) is 0 Å². The van der Waals surface area contributed by atoms with Crippen LogP contribution in [0.4, 0.5) is 13.2 Å². The Hall–Kier alpha value is -2.64. The van der Waals surface area contributed by atoms with Gasteiger partial charge in [0.25, 0.3) is 0 Å². The molecule has 3 rings (SSSR count). The van der Waals surface area contributed by atoms with Crippen LogP contribution >= 0.6 is 0 Å². The van der Waals surface area contributed by atoms with Crippen LogP contribution in [-0.2, 0) is 28.0 Å². The average molecular weight is 434 g/mol. The standard InChI is InChI=1S/C23H21F3O3S/c1-22(27,20-8-3-4-9-21(20)23(24,25)26)15-16-10-12-17(13-11-16)18-6-5-7-19(14-18)30(2,28)29/h3-14,27H,15H2,1-2H3. The fourth-order valence-electron chi connectivity index (χ4n) is 3.41. The fourth-order valence-corrected chi connectivity index (χ4v) is 4.08. The number of alkyl halides is 3. The van der Waals surface area contributed by atoms with Gasteiger partial charge in [-0.05, 0) is 47.4 Å². The van der Waals surface area contributed by atoms with Crippen molar-refractivity contribution in [2.24, 2.45) is 0 Å². The van der Waals surface area contributed by atoms with E-state index < -0.39 is 27.2 Å². The lowest BCUT2D eigenvalue weighted by Gasteiger charge is -2.27. The van der Waals surface area contributed by atoms with E-state index in [-0.39, 0.29) is 16.9 Å². The molecule has 1 unspecified atom stereocenters. The topological polar surface area (TPSA) is 54.4 Å². The summed E-state index contributed by atoms with van der Waals surface area (Å²) >= 11 is 0. The Labute approximate surface area is 173 Å². The number of hydrogen-bond acceptors (Lipinski definition) is 3. The molecule has 0 fully saturated rings. The largest absolute Gasteiger partial charge is 0.416 e. The van der Waals surface area contributed by atoms with Gasteiger partial charge in [0.1, 0.15) is 0 Å². The number of halogens is 3. The highest BCUT2D eigenvalue weighted by Gasteiger charge is 2.38. The molecule has 7 heteroatoms. The van der Waals surface area contributed by atoms with Gasteiger partial charge in [-0.15, -0.1) is 0 Å². The summed E-state index contributed by atoms with van der Waals surface area (Å²) in [7, 11) is -3.34. The maximum absolute atomic E-state index is 13.3. The summed E-state index contributed by atoms with van der Waals surface area (Å²) in [5.41, 5.74) is -0.631. The van der Waals surface area contributed by atoms with Crippen molar-refractivity contribution in [3.05, 3.63) is 89.5 Å². The van der Waals surface area contributed by atoms with E-state index in [0.29, 0.717) is 11.1 Å². The van der Waals surface area contributed by atoms with Gasteiger partial charge in [0.15, 0.2) is 9.84 Å². The second-order valence-corrected chi connectivity index (χ2v) is 9.51. The summed E-state index contributed by atoms with van der Waals surface area (Å²) in [4.78, 5) is 0.204. The molecule has 3 aromatic rings. The summed E-state index contributed by atoms with van der Waals surface area (Å²) in [5.74, 6) is 0. The molecular weight excluding hydrogens is 413 g/mol. The predicted octanol–water partition coefficient (Wildman–Crippen LogP) is 5.23. The molecule has 0 aliphatic carbocycles. The Morgan fingerprint density at radius 3 is 2.00 bits per heavy atom. The molecule has 0 spiro atoms. The third-order valence-corrected chi connectivity index (χ3v) is 6.02. The number of rotatable bonds is 5. The zero-order valence-electron chi connectivity index (χ0n) is 16.4. The first-order valence-electron chi connectivity index (χ1n) is 9.16. The Balaban J connectivity index is 1.88. The molecule has 0 aliphatic rings. The molecule has 0 saturated heterocycles. The van der Waals surface area contributed by atoms with E-state index in [9.17, 15) is 26.7 Å². The second kappa shape index (κ2) is 7.89. The lowest BCUT2D eigenvalue weighted by molar-refractivity contribution is -0.140. The minimum atomic E-state index is -4.56. The molecule has 0 amide bonds. The molecule has 0 saturated carbocycles. The quantitative estimate of drug-likeness (QED) is 0.599. The first-order chi connectivity index (χ1) is 13.9. The summed E-state index contributed by atoms with van der Waals surface area (Å²) < 4.78 is 63.5. The van der Waals surface area contributed by atoms with E-state index in [2.05, 4.69) is 0 Å². The van der Waals surface area contributed by atoms with Crippen LogP contribution in [0.2, 0.25) is 0 Å². The molecule has 0 aliphatic heterocycles. The van der Waals surface area contributed by atoms with Crippen LogP contribution in [0.15, 0.2) is 77.7 Å². The van der Waals surface area contributed by atoms with Crippen LogP contribution in [0, 0.1) is 0 Å². The van der Waals surface area contributed by atoms with Crippen molar-refractivity contribution >= 4 is 9.84 Å². The maximum atomic E-state index is 13.3. The van der Waals surface area contributed by atoms with Crippen LogP contribution in [0.3, 0.4) is 0 Å². The zero-order valence-corrected chi connectivity index (χ0v) is 17.3. The Morgan fingerprint density at radius 1 is 0.833 bits per heavy atom. The van der Waals surface area contributed by atoms with Crippen LogP contribution in [0.1, 0.15) is 23.6 Å². The van der Waals surface area contributed by atoms with E-state index in [1.165, 1.54) is 31.2 Å². The van der Waals surface area contributed by atoms with Crippen molar-refractivity contribution in [2.75, 3.05) is 6.26 Å². The van der Waals surface area contributed by atoms with Gasteiger partial charge >= 0.3 is 6.18 Å². The van der Waals surface area contributed by atoms with Gasteiger partial charge in [-0.2, -0.15) is 13.2 Å².